The van der Waals surface area contributed by atoms with Crippen molar-refractivity contribution in [1.82, 2.24) is 14.7 Å². The van der Waals surface area contributed by atoms with E-state index >= 15 is 0 Å². The van der Waals surface area contributed by atoms with E-state index in [4.69, 9.17) is 14.6 Å². The lowest BCUT2D eigenvalue weighted by Gasteiger charge is -2.19. The van der Waals surface area contributed by atoms with Gasteiger partial charge in [-0.2, -0.15) is 5.10 Å². The zero-order valence-electron chi connectivity index (χ0n) is 18.8. The number of amides is 1. The second kappa shape index (κ2) is 10.6. The van der Waals surface area contributed by atoms with E-state index in [1.54, 1.807) is 31.2 Å². The van der Waals surface area contributed by atoms with Gasteiger partial charge in [-0.3, -0.25) is 4.79 Å². The Hall–Kier alpha value is -3.90. The van der Waals surface area contributed by atoms with Crippen LogP contribution < -0.4 is 4.74 Å². The van der Waals surface area contributed by atoms with E-state index in [0.29, 0.717) is 31.1 Å². The first-order chi connectivity index (χ1) is 16.2. The van der Waals surface area contributed by atoms with Gasteiger partial charge in [0.1, 0.15) is 12.4 Å². The minimum Gasteiger partial charge on any atom is -0.490 e. The van der Waals surface area contributed by atoms with Gasteiger partial charge in [0.25, 0.3) is 5.91 Å². The van der Waals surface area contributed by atoms with E-state index in [1.807, 2.05) is 83.7 Å². The lowest BCUT2D eigenvalue weighted by atomic mass is 10.1. The van der Waals surface area contributed by atoms with Crippen molar-refractivity contribution in [2.75, 3.05) is 27.4 Å². The third-order valence-electron chi connectivity index (χ3n) is 5.27. The summed E-state index contributed by atoms with van der Waals surface area (Å²) in [4.78, 5) is 15.0. The van der Waals surface area contributed by atoms with Crippen LogP contribution in [0.5, 0.6) is 5.75 Å². The van der Waals surface area contributed by atoms with E-state index < -0.39 is 0 Å². The molecule has 4 aromatic rings. The third kappa shape index (κ3) is 5.30. The Balaban J connectivity index is 1.62. The Morgan fingerprint density at radius 1 is 0.909 bits per heavy atom. The van der Waals surface area contributed by atoms with Gasteiger partial charge in [0.05, 0.1) is 23.6 Å². The van der Waals surface area contributed by atoms with Crippen LogP contribution in [-0.4, -0.2) is 48.0 Å². The second-order valence-electron chi connectivity index (χ2n) is 7.65. The zero-order valence-corrected chi connectivity index (χ0v) is 18.8. The normalized spacial score (nSPS) is 10.7. The fourth-order valence-electron chi connectivity index (χ4n) is 3.61. The first-order valence-electron chi connectivity index (χ1n) is 10.8. The highest BCUT2D eigenvalue weighted by Gasteiger charge is 2.20. The summed E-state index contributed by atoms with van der Waals surface area (Å²) < 4.78 is 12.7. The standard InChI is InChI=1S/C27H27N3O3/c1-29(27(31)24-15-9-10-16-25(24)33-18-17-32-2)19-22-20-30(23-13-7-4-8-14-23)28-26(22)21-11-5-3-6-12-21/h3-16,20H,17-19H2,1-2H3. The number of rotatable bonds is 9. The Morgan fingerprint density at radius 2 is 1.58 bits per heavy atom. The van der Waals surface area contributed by atoms with Crippen LogP contribution >= 0.6 is 0 Å². The average Bonchev–Trinajstić information content (AvgIpc) is 3.29. The number of benzene rings is 3. The molecule has 168 valence electrons. The third-order valence-corrected chi connectivity index (χ3v) is 5.27. The molecule has 1 amide bonds. The number of carbonyl (C=O) groups is 1. The van der Waals surface area contributed by atoms with Crippen molar-refractivity contribution in [2.24, 2.45) is 0 Å². The van der Waals surface area contributed by atoms with Crippen molar-refractivity contribution < 1.29 is 14.3 Å². The molecule has 0 bridgehead atoms. The Bertz CT molecular complexity index is 1190. The molecule has 33 heavy (non-hydrogen) atoms. The molecule has 0 fully saturated rings. The summed E-state index contributed by atoms with van der Waals surface area (Å²) in [6, 6.07) is 27.3. The maximum Gasteiger partial charge on any atom is 0.257 e. The Labute approximate surface area is 194 Å². The van der Waals surface area contributed by atoms with Crippen molar-refractivity contribution in [1.29, 1.82) is 0 Å². The molecule has 1 aromatic heterocycles. The van der Waals surface area contributed by atoms with Crippen molar-refractivity contribution in [2.45, 2.75) is 6.54 Å². The minimum absolute atomic E-state index is 0.116. The summed E-state index contributed by atoms with van der Waals surface area (Å²) in [7, 11) is 3.41. The van der Waals surface area contributed by atoms with E-state index in [2.05, 4.69) is 0 Å². The van der Waals surface area contributed by atoms with Crippen LogP contribution in [0.15, 0.2) is 91.1 Å². The summed E-state index contributed by atoms with van der Waals surface area (Å²) in [5.74, 6) is 0.434. The van der Waals surface area contributed by atoms with Gasteiger partial charge < -0.3 is 14.4 Å². The van der Waals surface area contributed by atoms with Crippen LogP contribution in [0.2, 0.25) is 0 Å². The second-order valence-corrected chi connectivity index (χ2v) is 7.65. The molecule has 0 aliphatic rings. The minimum atomic E-state index is -0.116. The molecular weight excluding hydrogens is 414 g/mol. The van der Waals surface area contributed by atoms with Crippen LogP contribution in [0.1, 0.15) is 15.9 Å². The molecule has 3 aromatic carbocycles. The molecule has 0 spiro atoms. The first kappa shape index (κ1) is 22.3. The SMILES string of the molecule is COCCOc1ccccc1C(=O)N(C)Cc1cn(-c2ccccc2)nc1-c1ccccc1. The fraction of sp³-hybridized carbons (Fsp3) is 0.185. The molecular formula is C27H27N3O3. The quantitative estimate of drug-likeness (QED) is 0.349. The fourth-order valence-corrected chi connectivity index (χ4v) is 3.61. The van der Waals surface area contributed by atoms with Gasteiger partial charge in [-0.15, -0.1) is 0 Å². The van der Waals surface area contributed by atoms with Gasteiger partial charge in [0.15, 0.2) is 0 Å². The highest BCUT2D eigenvalue weighted by Crippen LogP contribution is 2.26. The first-order valence-corrected chi connectivity index (χ1v) is 10.8. The summed E-state index contributed by atoms with van der Waals surface area (Å²) in [6.45, 7) is 1.24. The average molecular weight is 442 g/mol. The molecule has 0 N–H and O–H groups in total. The molecule has 6 heteroatoms. The van der Waals surface area contributed by atoms with Gasteiger partial charge in [0.2, 0.25) is 0 Å². The molecule has 0 saturated carbocycles. The number of methoxy groups -OCH3 is 1. The van der Waals surface area contributed by atoms with E-state index in [9.17, 15) is 4.79 Å². The lowest BCUT2D eigenvalue weighted by Crippen LogP contribution is -2.27. The number of ether oxygens (including phenoxy) is 2. The van der Waals surface area contributed by atoms with Gasteiger partial charge in [0, 0.05) is 38.0 Å². The number of hydrogen-bond donors (Lipinski definition) is 0. The highest BCUT2D eigenvalue weighted by atomic mass is 16.5. The molecule has 0 aliphatic heterocycles. The molecule has 6 nitrogen and oxygen atoms in total. The molecule has 0 unspecified atom stereocenters. The number of nitrogens with zero attached hydrogens (tertiary/aromatic N) is 3. The summed E-state index contributed by atoms with van der Waals surface area (Å²) in [5.41, 5.74) is 4.30. The monoisotopic (exact) mass is 441 g/mol. The van der Waals surface area contributed by atoms with Gasteiger partial charge in [-0.25, -0.2) is 4.68 Å². The van der Waals surface area contributed by atoms with E-state index in [-0.39, 0.29) is 5.91 Å². The number of carbonyl (C=O) groups excluding carboxylic acids is 1. The Kier molecular flexibility index (Phi) is 7.17. The van der Waals surface area contributed by atoms with Gasteiger partial charge in [-0.05, 0) is 24.3 Å². The predicted octanol–water partition coefficient (Wildman–Crippen LogP) is 4.84. The van der Waals surface area contributed by atoms with Crippen LogP contribution in [-0.2, 0) is 11.3 Å². The van der Waals surface area contributed by atoms with Crippen molar-refractivity contribution in [3.05, 3.63) is 102 Å². The maximum absolute atomic E-state index is 13.3. The van der Waals surface area contributed by atoms with Crippen molar-refractivity contribution in [3.8, 4) is 22.7 Å². The summed E-state index contributed by atoms with van der Waals surface area (Å²) >= 11 is 0. The molecule has 0 radical (unpaired) electrons. The molecule has 0 atom stereocenters. The number of para-hydroxylation sites is 2. The van der Waals surface area contributed by atoms with Gasteiger partial charge >= 0.3 is 0 Å². The molecule has 0 aliphatic carbocycles. The lowest BCUT2D eigenvalue weighted by molar-refractivity contribution is 0.0778. The maximum atomic E-state index is 13.3. The van der Waals surface area contributed by atoms with Crippen molar-refractivity contribution in [3.63, 3.8) is 0 Å². The number of hydrogen-bond acceptors (Lipinski definition) is 4. The zero-order chi connectivity index (χ0) is 23.0. The summed E-state index contributed by atoms with van der Waals surface area (Å²) in [5, 5.41) is 4.84. The number of aromatic nitrogens is 2. The summed E-state index contributed by atoms with van der Waals surface area (Å²) in [6.07, 6.45) is 1.99. The van der Waals surface area contributed by atoms with Crippen LogP contribution in [0.3, 0.4) is 0 Å². The topological polar surface area (TPSA) is 56.6 Å². The van der Waals surface area contributed by atoms with Crippen LogP contribution in [0, 0.1) is 0 Å². The predicted molar refractivity (Wildman–Crippen MR) is 129 cm³/mol. The van der Waals surface area contributed by atoms with E-state index in [1.165, 1.54) is 0 Å². The van der Waals surface area contributed by atoms with Crippen LogP contribution in [0.25, 0.3) is 16.9 Å². The van der Waals surface area contributed by atoms with Gasteiger partial charge in [-0.1, -0.05) is 60.7 Å². The smallest absolute Gasteiger partial charge is 0.257 e. The Morgan fingerprint density at radius 3 is 2.30 bits per heavy atom. The van der Waals surface area contributed by atoms with Crippen LogP contribution in [0.4, 0.5) is 0 Å². The highest BCUT2D eigenvalue weighted by molar-refractivity contribution is 5.96. The molecule has 4 rings (SSSR count). The van der Waals surface area contributed by atoms with Crippen molar-refractivity contribution >= 4 is 5.91 Å². The molecule has 0 saturated heterocycles. The largest absolute Gasteiger partial charge is 0.490 e. The van der Waals surface area contributed by atoms with E-state index in [0.717, 1.165) is 22.5 Å². The molecule has 1 heterocycles.